The second-order valence-corrected chi connectivity index (χ2v) is 5.16. The van der Waals surface area contributed by atoms with Crippen molar-refractivity contribution in [3.8, 4) is 0 Å². The Hall–Kier alpha value is -0.450. The third-order valence-corrected chi connectivity index (χ3v) is 3.18. The maximum absolute atomic E-state index is 4.70. The van der Waals surface area contributed by atoms with Gasteiger partial charge in [0.25, 0.3) is 0 Å². The molecule has 0 unspecified atom stereocenters. The minimum atomic E-state index is 0.945. The van der Waals surface area contributed by atoms with Crippen molar-refractivity contribution >= 4 is 11.3 Å². The summed E-state index contributed by atoms with van der Waals surface area (Å²) >= 11 is 1.84. The lowest BCUT2D eigenvalue weighted by Gasteiger charge is -2.04. The standard InChI is InChI=1S/C11H21N3S/c1-5-6-9-10(7-12-2)15-11(13-9)8-14(3)4/h12H,5-8H2,1-4H3. The molecule has 0 aliphatic carbocycles. The molecule has 3 nitrogen and oxygen atoms in total. The molecule has 15 heavy (non-hydrogen) atoms. The number of nitrogens with zero attached hydrogens (tertiary/aromatic N) is 2. The molecule has 0 aliphatic rings. The largest absolute Gasteiger partial charge is 0.315 e. The molecule has 4 heteroatoms. The molecule has 1 rings (SSSR count). The first kappa shape index (κ1) is 12.6. The highest BCUT2D eigenvalue weighted by Crippen LogP contribution is 2.20. The van der Waals surface area contributed by atoms with Crippen LogP contribution in [0.1, 0.15) is 28.9 Å². The number of hydrogen-bond acceptors (Lipinski definition) is 4. The third-order valence-electron chi connectivity index (χ3n) is 2.10. The Kier molecular flexibility index (Phi) is 5.22. The molecule has 1 aromatic heterocycles. The molecule has 0 saturated heterocycles. The van der Waals surface area contributed by atoms with Crippen molar-refractivity contribution in [1.82, 2.24) is 15.2 Å². The highest BCUT2D eigenvalue weighted by Gasteiger charge is 2.10. The summed E-state index contributed by atoms with van der Waals surface area (Å²) in [6.45, 7) is 4.10. The average Bonchev–Trinajstić information content (AvgIpc) is 2.48. The Morgan fingerprint density at radius 2 is 2.13 bits per heavy atom. The smallest absolute Gasteiger partial charge is 0.107 e. The number of thiazole rings is 1. The van der Waals surface area contributed by atoms with Gasteiger partial charge < -0.3 is 10.2 Å². The Morgan fingerprint density at radius 1 is 1.40 bits per heavy atom. The minimum Gasteiger partial charge on any atom is -0.315 e. The van der Waals surface area contributed by atoms with E-state index in [2.05, 4.69) is 31.2 Å². The Labute approximate surface area is 96.5 Å². The topological polar surface area (TPSA) is 28.2 Å². The zero-order valence-corrected chi connectivity index (χ0v) is 10.9. The van der Waals surface area contributed by atoms with E-state index in [1.807, 2.05) is 18.4 Å². The fourth-order valence-corrected chi connectivity index (χ4v) is 2.75. The molecule has 1 heterocycles. The van der Waals surface area contributed by atoms with Crippen molar-refractivity contribution in [3.05, 3.63) is 15.6 Å². The van der Waals surface area contributed by atoms with Crippen molar-refractivity contribution in [1.29, 1.82) is 0 Å². The lowest BCUT2D eigenvalue weighted by atomic mass is 10.2. The van der Waals surface area contributed by atoms with Crippen LogP contribution in [0.4, 0.5) is 0 Å². The number of aryl methyl sites for hydroxylation is 1. The molecule has 0 saturated carbocycles. The van der Waals surface area contributed by atoms with Crippen molar-refractivity contribution in [2.75, 3.05) is 21.1 Å². The van der Waals surface area contributed by atoms with Crippen molar-refractivity contribution < 1.29 is 0 Å². The van der Waals surface area contributed by atoms with E-state index in [4.69, 9.17) is 4.98 Å². The van der Waals surface area contributed by atoms with E-state index in [0.717, 1.165) is 19.5 Å². The van der Waals surface area contributed by atoms with Crippen LogP contribution in [0.3, 0.4) is 0 Å². The van der Waals surface area contributed by atoms with Gasteiger partial charge in [-0.15, -0.1) is 11.3 Å². The molecule has 0 bridgehead atoms. The van der Waals surface area contributed by atoms with E-state index in [1.54, 1.807) is 0 Å². The van der Waals surface area contributed by atoms with Crippen LogP contribution in [-0.2, 0) is 19.5 Å². The molecule has 0 radical (unpaired) electrons. The van der Waals surface area contributed by atoms with Gasteiger partial charge in [0.2, 0.25) is 0 Å². The molecule has 0 fully saturated rings. The summed E-state index contributed by atoms with van der Waals surface area (Å²) < 4.78 is 0. The molecular weight excluding hydrogens is 206 g/mol. The highest BCUT2D eigenvalue weighted by molar-refractivity contribution is 7.11. The minimum absolute atomic E-state index is 0.945. The van der Waals surface area contributed by atoms with E-state index in [1.165, 1.54) is 22.0 Å². The van der Waals surface area contributed by atoms with Crippen molar-refractivity contribution in [2.24, 2.45) is 0 Å². The maximum atomic E-state index is 4.70. The summed E-state index contributed by atoms with van der Waals surface area (Å²) in [4.78, 5) is 8.26. The third kappa shape index (κ3) is 3.89. The van der Waals surface area contributed by atoms with Gasteiger partial charge in [0.15, 0.2) is 0 Å². The van der Waals surface area contributed by atoms with Crippen LogP contribution in [0, 0.1) is 0 Å². The number of nitrogens with one attached hydrogen (secondary N) is 1. The summed E-state index contributed by atoms with van der Waals surface area (Å²) in [5, 5.41) is 4.44. The first-order chi connectivity index (χ1) is 7.17. The molecule has 0 amide bonds. The quantitative estimate of drug-likeness (QED) is 0.804. The van der Waals surface area contributed by atoms with Gasteiger partial charge in [0.05, 0.1) is 5.69 Å². The fraction of sp³-hybridized carbons (Fsp3) is 0.727. The van der Waals surface area contributed by atoms with E-state index in [-0.39, 0.29) is 0 Å². The first-order valence-corrected chi connectivity index (χ1v) is 6.25. The van der Waals surface area contributed by atoms with Gasteiger partial charge >= 0.3 is 0 Å². The molecule has 0 spiro atoms. The summed E-state index contributed by atoms with van der Waals surface area (Å²) in [5.41, 5.74) is 1.29. The molecular formula is C11H21N3S. The Morgan fingerprint density at radius 3 is 2.67 bits per heavy atom. The number of aromatic nitrogens is 1. The molecule has 1 aromatic rings. The van der Waals surface area contributed by atoms with Gasteiger partial charge in [-0.2, -0.15) is 0 Å². The predicted octanol–water partition coefficient (Wildman–Crippen LogP) is 1.88. The van der Waals surface area contributed by atoms with Crippen LogP contribution in [-0.4, -0.2) is 31.0 Å². The van der Waals surface area contributed by atoms with Crippen LogP contribution < -0.4 is 5.32 Å². The van der Waals surface area contributed by atoms with Gasteiger partial charge in [-0.25, -0.2) is 4.98 Å². The fourth-order valence-electron chi connectivity index (χ4n) is 1.51. The summed E-state index contributed by atoms with van der Waals surface area (Å²) in [7, 11) is 6.15. The van der Waals surface area contributed by atoms with Crippen LogP contribution >= 0.6 is 11.3 Å². The lowest BCUT2D eigenvalue weighted by molar-refractivity contribution is 0.401. The number of rotatable bonds is 6. The van der Waals surface area contributed by atoms with Crippen LogP contribution in [0.15, 0.2) is 0 Å². The molecule has 86 valence electrons. The zero-order valence-electron chi connectivity index (χ0n) is 10.1. The molecule has 1 N–H and O–H groups in total. The monoisotopic (exact) mass is 227 g/mol. The van der Waals surface area contributed by atoms with Gasteiger partial charge in [0, 0.05) is 18.0 Å². The lowest BCUT2D eigenvalue weighted by Crippen LogP contribution is -2.10. The predicted molar refractivity (Wildman–Crippen MR) is 66.3 cm³/mol. The molecule has 0 aromatic carbocycles. The van der Waals surface area contributed by atoms with Gasteiger partial charge in [-0.1, -0.05) is 13.3 Å². The van der Waals surface area contributed by atoms with Crippen LogP contribution in [0.2, 0.25) is 0 Å². The van der Waals surface area contributed by atoms with Gasteiger partial charge in [-0.3, -0.25) is 0 Å². The van der Waals surface area contributed by atoms with E-state index >= 15 is 0 Å². The average molecular weight is 227 g/mol. The van der Waals surface area contributed by atoms with Gasteiger partial charge in [-0.05, 0) is 27.6 Å². The van der Waals surface area contributed by atoms with Crippen molar-refractivity contribution in [2.45, 2.75) is 32.9 Å². The second-order valence-electron chi connectivity index (χ2n) is 4.00. The SMILES string of the molecule is CCCc1nc(CN(C)C)sc1CNC. The first-order valence-electron chi connectivity index (χ1n) is 5.44. The summed E-state index contributed by atoms with van der Waals surface area (Å²) in [5.74, 6) is 0. The Balaban J connectivity index is 2.77. The van der Waals surface area contributed by atoms with Crippen molar-refractivity contribution in [3.63, 3.8) is 0 Å². The molecule has 0 atom stereocenters. The number of hydrogen-bond donors (Lipinski definition) is 1. The van der Waals surface area contributed by atoms with Crippen LogP contribution in [0.25, 0.3) is 0 Å². The van der Waals surface area contributed by atoms with E-state index in [0.29, 0.717) is 0 Å². The Bertz CT molecular complexity index is 271. The molecule has 0 aliphatic heterocycles. The summed E-state index contributed by atoms with van der Waals surface area (Å²) in [6.07, 6.45) is 2.27. The zero-order chi connectivity index (χ0) is 11.3. The summed E-state index contributed by atoms with van der Waals surface area (Å²) in [6, 6.07) is 0. The highest BCUT2D eigenvalue weighted by atomic mass is 32.1. The van der Waals surface area contributed by atoms with Crippen LogP contribution in [0.5, 0.6) is 0 Å². The maximum Gasteiger partial charge on any atom is 0.107 e. The second kappa shape index (κ2) is 6.20. The normalized spacial score (nSPS) is 11.3. The van der Waals surface area contributed by atoms with E-state index in [9.17, 15) is 0 Å². The van der Waals surface area contributed by atoms with E-state index < -0.39 is 0 Å². The van der Waals surface area contributed by atoms with Gasteiger partial charge in [0.1, 0.15) is 5.01 Å².